The van der Waals surface area contributed by atoms with Crippen LogP contribution in [0.2, 0.25) is 0 Å². The van der Waals surface area contributed by atoms with Crippen LogP contribution in [0.15, 0.2) is 42.1 Å². The Hall–Kier alpha value is -1.15. The number of nitrogens with one attached hydrogen (secondary N) is 1. The molecule has 0 heterocycles. The maximum Gasteiger partial charge on any atom is 0.0381 e. The van der Waals surface area contributed by atoms with Crippen LogP contribution >= 0.6 is 12.2 Å². The summed E-state index contributed by atoms with van der Waals surface area (Å²) in [5.74, 6) is 0. The van der Waals surface area contributed by atoms with Crippen molar-refractivity contribution in [2.45, 2.75) is 13.8 Å². The molecule has 0 unspecified atom stereocenters. The van der Waals surface area contributed by atoms with Crippen LogP contribution in [0.25, 0.3) is 0 Å². The molecule has 0 amide bonds. The predicted molar refractivity (Wildman–Crippen MR) is 62.1 cm³/mol. The molecular weight excluding hydrogens is 178 g/mol. The van der Waals surface area contributed by atoms with E-state index in [1.165, 1.54) is 0 Å². The van der Waals surface area contributed by atoms with Gasteiger partial charge in [0.15, 0.2) is 0 Å². The van der Waals surface area contributed by atoms with Crippen molar-refractivity contribution < 1.29 is 0 Å². The third kappa shape index (κ3) is 3.85. The molecule has 0 aliphatic carbocycles. The van der Waals surface area contributed by atoms with Gasteiger partial charge in [-0.05, 0) is 32.1 Å². The number of rotatable bonds is 3. The fourth-order valence-electron chi connectivity index (χ4n) is 1.09. The Morgan fingerprint density at radius 2 is 1.85 bits per heavy atom. The first-order valence-electron chi connectivity index (χ1n) is 4.19. The summed E-state index contributed by atoms with van der Waals surface area (Å²) in [6.45, 7) is 3.91. The van der Waals surface area contributed by atoms with Crippen molar-refractivity contribution in [1.82, 2.24) is 0 Å². The first-order chi connectivity index (χ1) is 6.18. The Labute approximate surface area is 84.5 Å². The summed E-state index contributed by atoms with van der Waals surface area (Å²) in [6.07, 6.45) is 1.95. The Morgan fingerprint density at radius 3 is 2.38 bits per heavy atom. The Balaban J connectivity index is 2.65. The van der Waals surface area contributed by atoms with Crippen molar-refractivity contribution in [3.63, 3.8) is 0 Å². The molecule has 13 heavy (non-hydrogen) atoms. The Morgan fingerprint density at radius 1 is 1.23 bits per heavy atom. The molecule has 0 saturated carbocycles. The van der Waals surface area contributed by atoms with Gasteiger partial charge in [-0.1, -0.05) is 30.4 Å². The van der Waals surface area contributed by atoms with Crippen LogP contribution in [0.3, 0.4) is 0 Å². The molecule has 0 radical (unpaired) electrons. The molecule has 0 aromatic heterocycles. The molecule has 0 aliphatic rings. The molecule has 2 heteroatoms. The Bertz CT molecular complexity index is 314. The molecule has 1 aromatic rings. The summed E-state index contributed by atoms with van der Waals surface area (Å²) in [5.41, 5.74) is 2.16. The molecule has 0 aliphatic heterocycles. The number of hydrogen-bond donors (Lipinski definition) is 1. The van der Waals surface area contributed by atoms with Crippen LogP contribution in [0.1, 0.15) is 13.8 Å². The predicted octanol–water partition coefficient (Wildman–Crippen LogP) is 3.39. The molecule has 0 spiro atoms. The summed E-state index contributed by atoms with van der Waals surface area (Å²) in [7, 11) is 0. The van der Waals surface area contributed by atoms with Gasteiger partial charge in [-0.3, -0.25) is 0 Å². The van der Waals surface area contributed by atoms with E-state index < -0.39 is 0 Å². The summed E-state index contributed by atoms with van der Waals surface area (Å²) in [4.78, 5) is 0.890. The highest BCUT2D eigenvalue weighted by Crippen LogP contribution is 2.08. The highest BCUT2D eigenvalue weighted by molar-refractivity contribution is 7.80. The van der Waals surface area contributed by atoms with E-state index in [9.17, 15) is 0 Å². The second-order valence-corrected chi connectivity index (χ2v) is 3.57. The van der Waals surface area contributed by atoms with Gasteiger partial charge in [-0.15, -0.1) is 0 Å². The molecule has 0 bridgehead atoms. The largest absolute Gasteiger partial charge is 0.359 e. The molecule has 0 fully saturated rings. The van der Waals surface area contributed by atoms with Crippen LogP contribution in [0, 0.1) is 0 Å². The van der Waals surface area contributed by atoms with E-state index in [0.29, 0.717) is 0 Å². The van der Waals surface area contributed by atoms with E-state index in [1.54, 1.807) is 0 Å². The molecule has 0 atom stereocenters. The van der Waals surface area contributed by atoms with Crippen molar-refractivity contribution in [3.8, 4) is 0 Å². The van der Waals surface area contributed by atoms with Gasteiger partial charge in [-0.25, -0.2) is 0 Å². The average molecular weight is 191 g/mol. The number of thiocarbonyl (C=S) groups is 1. The zero-order chi connectivity index (χ0) is 9.68. The highest BCUT2D eigenvalue weighted by Gasteiger charge is 1.90. The molecule has 1 rings (SSSR count). The van der Waals surface area contributed by atoms with Gasteiger partial charge in [-0.2, -0.15) is 0 Å². The minimum absolute atomic E-state index is 0.890. The van der Waals surface area contributed by atoms with E-state index in [0.717, 1.165) is 16.2 Å². The standard InChI is InChI=1S/C11H13NS/c1-9(8-10(2)13)12-11-6-4-3-5-7-11/h3-8,12H,1-2H3/b9-8-. The van der Waals surface area contributed by atoms with Crippen LogP contribution in [-0.2, 0) is 0 Å². The number of anilines is 1. The molecule has 1 nitrogen and oxygen atoms in total. The topological polar surface area (TPSA) is 12.0 Å². The molecule has 1 N–H and O–H groups in total. The Kier molecular flexibility index (Phi) is 3.65. The lowest BCUT2D eigenvalue weighted by molar-refractivity contribution is 1.38. The summed E-state index contributed by atoms with van der Waals surface area (Å²) < 4.78 is 0. The van der Waals surface area contributed by atoms with E-state index in [4.69, 9.17) is 12.2 Å². The van der Waals surface area contributed by atoms with Crippen molar-refractivity contribution in [3.05, 3.63) is 42.1 Å². The van der Waals surface area contributed by atoms with Gasteiger partial charge < -0.3 is 5.32 Å². The van der Waals surface area contributed by atoms with E-state index in [1.807, 2.05) is 50.3 Å². The molecular formula is C11H13NS. The number of benzene rings is 1. The van der Waals surface area contributed by atoms with Gasteiger partial charge in [0, 0.05) is 16.2 Å². The second kappa shape index (κ2) is 4.77. The maximum absolute atomic E-state index is 4.97. The van der Waals surface area contributed by atoms with Crippen LogP contribution in [-0.4, -0.2) is 4.86 Å². The fraction of sp³-hybridized carbons (Fsp3) is 0.182. The van der Waals surface area contributed by atoms with Crippen molar-refractivity contribution in [2.24, 2.45) is 0 Å². The van der Waals surface area contributed by atoms with Gasteiger partial charge in [0.1, 0.15) is 0 Å². The maximum atomic E-state index is 4.97. The molecule has 1 aromatic carbocycles. The summed E-state index contributed by atoms with van der Waals surface area (Å²) in [5, 5.41) is 3.25. The van der Waals surface area contributed by atoms with Crippen LogP contribution < -0.4 is 5.32 Å². The van der Waals surface area contributed by atoms with Gasteiger partial charge in [0.25, 0.3) is 0 Å². The highest BCUT2D eigenvalue weighted by atomic mass is 32.1. The normalized spacial score (nSPS) is 11.1. The minimum atomic E-state index is 0.890. The minimum Gasteiger partial charge on any atom is -0.359 e. The third-order valence-corrected chi connectivity index (χ3v) is 1.65. The number of para-hydroxylation sites is 1. The van der Waals surface area contributed by atoms with E-state index >= 15 is 0 Å². The van der Waals surface area contributed by atoms with Gasteiger partial charge in [0.05, 0.1) is 0 Å². The lowest BCUT2D eigenvalue weighted by atomic mass is 10.3. The van der Waals surface area contributed by atoms with Crippen molar-refractivity contribution >= 4 is 22.8 Å². The monoisotopic (exact) mass is 191 g/mol. The fourth-order valence-corrected chi connectivity index (χ4v) is 1.27. The lowest BCUT2D eigenvalue weighted by Gasteiger charge is -2.05. The van der Waals surface area contributed by atoms with E-state index in [-0.39, 0.29) is 0 Å². The van der Waals surface area contributed by atoms with Crippen LogP contribution in [0.4, 0.5) is 5.69 Å². The second-order valence-electron chi connectivity index (χ2n) is 2.93. The zero-order valence-corrected chi connectivity index (χ0v) is 8.69. The smallest absolute Gasteiger partial charge is 0.0381 e. The van der Waals surface area contributed by atoms with Crippen molar-refractivity contribution in [1.29, 1.82) is 0 Å². The van der Waals surface area contributed by atoms with Gasteiger partial charge >= 0.3 is 0 Å². The number of allylic oxidation sites excluding steroid dienone is 2. The summed E-state index contributed by atoms with van der Waals surface area (Å²) in [6, 6.07) is 10.0. The molecule has 0 saturated heterocycles. The zero-order valence-electron chi connectivity index (χ0n) is 7.87. The first-order valence-corrected chi connectivity index (χ1v) is 4.60. The van der Waals surface area contributed by atoms with Crippen LogP contribution in [0.5, 0.6) is 0 Å². The molecule has 68 valence electrons. The van der Waals surface area contributed by atoms with E-state index in [2.05, 4.69) is 5.32 Å². The average Bonchev–Trinajstić information content (AvgIpc) is 2.04. The van der Waals surface area contributed by atoms with Crippen molar-refractivity contribution in [2.75, 3.05) is 5.32 Å². The SMILES string of the molecule is CC(=S)/C=C(/C)Nc1ccccc1. The quantitative estimate of drug-likeness (QED) is 0.580. The number of hydrogen-bond acceptors (Lipinski definition) is 2. The first kappa shape index (κ1) is 9.93. The third-order valence-electron chi connectivity index (χ3n) is 1.54. The summed E-state index contributed by atoms with van der Waals surface area (Å²) >= 11 is 4.97. The van der Waals surface area contributed by atoms with Gasteiger partial charge in [0.2, 0.25) is 0 Å². The lowest BCUT2D eigenvalue weighted by Crippen LogP contribution is -1.96.